The normalized spacial score (nSPS) is 20.8. The largest absolute Gasteiger partial charge is 0.378 e. The number of Topliss-reactive ketones (excluding diaryl/α,β-unsaturated/α-hetero) is 1. The maximum Gasteiger partial charge on any atom is 0.181 e. The Morgan fingerprint density at radius 3 is 2.67 bits per heavy atom. The fourth-order valence-corrected chi connectivity index (χ4v) is 3.70. The van der Waals surface area contributed by atoms with E-state index in [2.05, 4.69) is 9.88 Å². The molecular formula is C13H18N2O2S. The molecule has 0 radical (unpaired) electrons. The Labute approximate surface area is 111 Å². The van der Waals surface area contributed by atoms with Gasteiger partial charge < -0.3 is 9.64 Å². The molecule has 4 nitrogen and oxygen atoms in total. The van der Waals surface area contributed by atoms with Crippen molar-refractivity contribution in [2.75, 3.05) is 31.2 Å². The van der Waals surface area contributed by atoms with Gasteiger partial charge in [0.2, 0.25) is 0 Å². The number of nitrogens with zero attached hydrogens (tertiary/aromatic N) is 2. The molecule has 0 unspecified atom stereocenters. The highest BCUT2D eigenvalue weighted by atomic mass is 32.1. The molecule has 2 fully saturated rings. The standard InChI is InChI=1S/C13H18N2O2S/c1-9(16)11-13(15-5-7-17-8-6-15)18-12(14-11)10-3-2-4-10/h10H,2-8H2,1H3. The molecule has 2 heterocycles. The fourth-order valence-electron chi connectivity index (χ4n) is 2.37. The average Bonchev–Trinajstić information content (AvgIpc) is 2.73. The van der Waals surface area contributed by atoms with E-state index in [1.165, 1.54) is 19.3 Å². The molecule has 1 aliphatic heterocycles. The quantitative estimate of drug-likeness (QED) is 0.788. The van der Waals surface area contributed by atoms with Gasteiger partial charge >= 0.3 is 0 Å². The third-order valence-corrected chi connectivity index (χ3v) is 4.99. The Bertz CT molecular complexity index is 448. The first-order valence-electron chi connectivity index (χ1n) is 6.60. The first-order valence-corrected chi connectivity index (χ1v) is 7.41. The van der Waals surface area contributed by atoms with Gasteiger partial charge in [0.1, 0.15) is 10.7 Å². The van der Waals surface area contributed by atoms with Crippen LogP contribution in [0.1, 0.15) is 47.6 Å². The molecule has 1 saturated carbocycles. The number of hydrogen-bond donors (Lipinski definition) is 0. The number of ketones is 1. The zero-order valence-corrected chi connectivity index (χ0v) is 11.5. The van der Waals surface area contributed by atoms with Crippen molar-refractivity contribution in [3.63, 3.8) is 0 Å². The molecule has 0 aromatic carbocycles. The van der Waals surface area contributed by atoms with Crippen LogP contribution in [0.5, 0.6) is 0 Å². The van der Waals surface area contributed by atoms with E-state index in [0.29, 0.717) is 11.6 Å². The SMILES string of the molecule is CC(=O)c1nc(C2CCC2)sc1N1CCOCC1. The second kappa shape index (κ2) is 4.97. The molecule has 1 aliphatic carbocycles. The lowest BCUT2D eigenvalue weighted by Gasteiger charge is -2.27. The van der Waals surface area contributed by atoms with Gasteiger partial charge in [0.25, 0.3) is 0 Å². The van der Waals surface area contributed by atoms with Crippen molar-refractivity contribution >= 4 is 22.1 Å². The number of anilines is 1. The summed E-state index contributed by atoms with van der Waals surface area (Å²) in [4.78, 5) is 18.6. The van der Waals surface area contributed by atoms with Crippen molar-refractivity contribution in [3.05, 3.63) is 10.7 Å². The van der Waals surface area contributed by atoms with Crippen LogP contribution in [0.2, 0.25) is 0 Å². The highest BCUT2D eigenvalue weighted by Crippen LogP contribution is 2.42. The number of carbonyl (C=O) groups excluding carboxylic acids is 1. The summed E-state index contributed by atoms with van der Waals surface area (Å²) in [6.45, 7) is 4.84. The minimum atomic E-state index is 0.0818. The van der Waals surface area contributed by atoms with Crippen LogP contribution in [0.25, 0.3) is 0 Å². The van der Waals surface area contributed by atoms with Crippen LogP contribution in [0, 0.1) is 0 Å². The number of ether oxygens (including phenoxy) is 1. The Kier molecular flexibility index (Phi) is 3.35. The minimum Gasteiger partial charge on any atom is -0.378 e. The lowest BCUT2D eigenvalue weighted by molar-refractivity contribution is 0.101. The Morgan fingerprint density at radius 1 is 1.39 bits per heavy atom. The molecule has 0 atom stereocenters. The third-order valence-electron chi connectivity index (χ3n) is 3.71. The van der Waals surface area contributed by atoms with E-state index in [9.17, 15) is 4.79 Å². The molecule has 0 bridgehead atoms. The summed E-state index contributed by atoms with van der Waals surface area (Å²) in [5.41, 5.74) is 0.670. The van der Waals surface area contributed by atoms with Crippen molar-refractivity contribution in [1.82, 2.24) is 4.98 Å². The van der Waals surface area contributed by atoms with E-state index in [0.717, 1.165) is 36.3 Å². The van der Waals surface area contributed by atoms with Crippen LogP contribution in [0.3, 0.4) is 0 Å². The number of rotatable bonds is 3. The molecule has 0 amide bonds. The zero-order chi connectivity index (χ0) is 12.5. The number of thiazole rings is 1. The fraction of sp³-hybridized carbons (Fsp3) is 0.692. The lowest BCUT2D eigenvalue weighted by Crippen LogP contribution is -2.36. The Hall–Kier alpha value is -0.940. The number of carbonyl (C=O) groups is 1. The third kappa shape index (κ3) is 2.17. The maximum atomic E-state index is 11.7. The molecule has 0 spiro atoms. The number of aromatic nitrogens is 1. The van der Waals surface area contributed by atoms with Gasteiger partial charge in [-0.3, -0.25) is 4.79 Å². The summed E-state index contributed by atoms with van der Waals surface area (Å²) in [6, 6.07) is 0. The smallest absolute Gasteiger partial charge is 0.181 e. The van der Waals surface area contributed by atoms with Gasteiger partial charge in [-0.15, -0.1) is 11.3 Å². The average molecular weight is 266 g/mol. The highest BCUT2D eigenvalue weighted by molar-refractivity contribution is 7.16. The molecule has 0 N–H and O–H groups in total. The van der Waals surface area contributed by atoms with Crippen LogP contribution < -0.4 is 4.90 Å². The van der Waals surface area contributed by atoms with Crippen LogP contribution in [0.15, 0.2) is 0 Å². The van der Waals surface area contributed by atoms with E-state index < -0.39 is 0 Å². The van der Waals surface area contributed by atoms with Gasteiger partial charge in [0.05, 0.1) is 18.2 Å². The van der Waals surface area contributed by atoms with Crippen molar-refractivity contribution in [1.29, 1.82) is 0 Å². The van der Waals surface area contributed by atoms with Crippen LogP contribution in [0.4, 0.5) is 5.00 Å². The summed E-state index contributed by atoms with van der Waals surface area (Å²) >= 11 is 1.72. The van der Waals surface area contributed by atoms with Gasteiger partial charge in [-0.1, -0.05) is 6.42 Å². The van der Waals surface area contributed by atoms with Crippen molar-refractivity contribution in [3.8, 4) is 0 Å². The van der Waals surface area contributed by atoms with Crippen molar-refractivity contribution < 1.29 is 9.53 Å². The van der Waals surface area contributed by atoms with Crippen molar-refractivity contribution in [2.24, 2.45) is 0 Å². The molecule has 1 aromatic heterocycles. The van der Waals surface area contributed by atoms with E-state index in [4.69, 9.17) is 4.74 Å². The van der Waals surface area contributed by atoms with Crippen LogP contribution in [-0.4, -0.2) is 37.1 Å². The molecular weight excluding hydrogens is 248 g/mol. The summed E-state index contributed by atoms with van der Waals surface area (Å²) in [5, 5.41) is 2.22. The second-order valence-electron chi connectivity index (χ2n) is 4.99. The Balaban J connectivity index is 1.89. The zero-order valence-electron chi connectivity index (χ0n) is 10.6. The van der Waals surface area contributed by atoms with Crippen LogP contribution >= 0.6 is 11.3 Å². The van der Waals surface area contributed by atoms with Gasteiger partial charge in [-0.05, 0) is 12.8 Å². The molecule has 3 rings (SSSR count). The topological polar surface area (TPSA) is 42.4 Å². The van der Waals surface area contributed by atoms with E-state index >= 15 is 0 Å². The molecule has 2 aliphatic rings. The van der Waals surface area contributed by atoms with Crippen molar-refractivity contribution in [2.45, 2.75) is 32.1 Å². The summed E-state index contributed by atoms with van der Waals surface area (Å²) in [7, 11) is 0. The minimum absolute atomic E-state index is 0.0818. The first kappa shape index (κ1) is 12.1. The van der Waals surface area contributed by atoms with Crippen LogP contribution in [-0.2, 0) is 4.74 Å². The second-order valence-corrected chi connectivity index (χ2v) is 6.00. The first-order chi connectivity index (χ1) is 8.75. The summed E-state index contributed by atoms with van der Waals surface area (Å²) < 4.78 is 5.37. The summed E-state index contributed by atoms with van der Waals surface area (Å²) in [5.74, 6) is 0.682. The molecule has 1 aromatic rings. The van der Waals surface area contributed by atoms with Gasteiger partial charge in [0.15, 0.2) is 5.78 Å². The van der Waals surface area contributed by atoms with Gasteiger partial charge in [-0.25, -0.2) is 4.98 Å². The van der Waals surface area contributed by atoms with Gasteiger partial charge in [0, 0.05) is 25.9 Å². The molecule has 1 saturated heterocycles. The highest BCUT2D eigenvalue weighted by Gasteiger charge is 2.28. The molecule has 18 heavy (non-hydrogen) atoms. The predicted octanol–water partition coefficient (Wildman–Crippen LogP) is 2.45. The molecule has 5 heteroatoms. The number of morpholine rings is 1. The van der Waals surface area contributed by atoms with E-state index in [1.54, 1.807) is 18.3 Å². The molecule has 98 valence electrons. The lowest BCUT2D eigenvalue weighted by atomic mass is 9.86. The maximum absolute atomic E-state index is 11.7. The summed E-state index contributed by atoms with van der Waals surface area (Å²) in [6.07, 6.45) is 3.76. The van der Waals surface area contributed by atoms with Gasteiger partial charge in [-0.2, -0.15) is 0 Å². The van der Waals surface area contributed by atoms with E-state index in [-0.39, 0.29) is 5.78 Å². The van der Waals surface area contributed by atoms with E-state index in [1.807, 2.05) is 0 Å². The predicted molar refractivity (Wildman–Crippen MR) is 71.7 cm³/mol. The number of hydrogen-bond acceptors (Lipinski definition) is 5. The Morgan fingerprint density at radius 2 is 2.11 bits per heavy atom. The monoisotopic (exact) mass is 266 g/mol.